The number of hydrogen-bond donors (Lipinski definition) is 2. The van der Waals surface area contributed by atoms with Crippen LogP contribution < -0.4 is 11.1 Å². The minimum absolute atomic E-state index is 0.231. The molecule has 1 atom stereocenters. The van der Waals surface area contributed by atoms with Crippen LogP contribution in [0.25, 0.3) is 0 Å². The van der Waals surface area contributed by atoms with Gasteiger partial charge in [0.15, 0.2) is 0 Å². The topological polar surface area (TPSA) is 90.1 Å². The van der Waals surface area contributed by atoms with Gasteiger partial charge in [0.1, 0.15) is 6.33 Å². The minimum atomic E-state index is -0.532. The van der Waals surface area contributed by atoms with Crippen LogP contribution in [0, 0.1) is 0 Å². The van der Waals surface area contributed by atoms with Gasteiger partial charge < -0.3 is 15.8 Å². The Hall–Kier alpha value is -1.53. The standard InChI is InChI=1S/C10H16N4O2/c1-16-4-2-3-9(11)10(15)14-8-5-12-7-13-6-8/h5-7,9H,2-4,11H2,1H3,(H,14,15). The summed E-state index contributed by atoms with van der Waals surface area (Å²) in [5.74, 6) is -0.231. The van der Waals surface area contributed by atoms with E-state index in [0.29, 0.717) is 18.7 Å². The largest absolute Gasteiger partial charge is 0.385 e. The van der Waals surface area contributed by atoms with Gasteiger partial charge in [-0.05, 0) is 12.8 Å². The highest BCUT2D eigenvalue weighted by atomic mass is 16.5. The smallest absolute Gasteiger partial charge is 0.241 e. The van der Waals surface area contributed by atoms with E-state index in [0.717, 1.165) is 6.42 Å². The van der Waals surface area contributed by atoms with Crippen molar-refractivity contribution in [3.8, 4) is 0 Å². The van der Waals surface area contributed by atoms with Crippen molar-refractivity contribution in [1.82, 2.24) is 9.97 Å². The van der Waals surface area contributed by atoms with Gasteiger partial charge in [0, 0.05) is 13.7 Å². The Kier molecular flexibility index (Phi) is 5.38. The van der Waals surface area contributed by atoms with Crippen molar-refractivity contribution < 1.29 is 9.53 Å². The van der Waals surface area contributed by atoms with Crippen molar-refractivity contribution in [2.45, 2.75) is 18.9 Å². The summed E-state index contributed by atoms with van der Waals surface area (Å²) in [6, 6.07) is -0.532. The number of amides is 1. The number of methoxy groups -OCH3 is 1. The van der Waals surface area contributed by atoms with Crippen LogP contribution in [0.4, 0.5) is 5.69 Å². The van der Waals surface area contributed by atoms with E-state index >= 15 is 0 Å². The number of anilines is 1. The molecule has 0 aliphatic carbocycles. The fourth-order valence-electron chi connectivity index (χ4n) is 1.18. The third-order valence-electron chi connectivity index (χ3n) is 2.03. The first-order valence-corrected chi connectivity index (χ1v) is 5.04. The molecule has 3 N–H and O–H groups in total. The fourth-order valence-corrected chi connectivity index (χ4v) is 1.18. The van der Waals surface area contributed by atoms with Gasteiger partial charge in [-0.1, -0.05) is 0 Å². The lowest BCUT2D eigenvalue weighted by atomic mass is 10.1. The molecule has 6 nitrogen and oxygen atoms in total. The predicted molar refractivity (Wildman–Crippen MR) is 59.7 cm³/mol. The quantitative estimate of drug-likeness (QED) is 0.672. The van der Waals surface area contributed by atoms with Crippen LogP contribution in [0.2, 0.25) is 0 Å². The maximum absolute atomic E-state index is 11.6. The average Bonchev–Trinajstić information content (AvgIpc) is 2.30. The van der Waals surface area contributed by atoms with Crippen LogP contribution in [0.15, 0.2) is 18.7 Å². The fraction of sp³-hybridized carbons (Fsp3) is 0.500. The number of carbonyl (C=O) groups excluding carboxylic acids is 1. The van der Waals surface area contributed by atoms with Crippen molar-refractivity contribution in [3.05, 3.63) is 18.7 Å². The summed E-state index contributed by atoms with van der Waals surface area (Å²) in [5, 5.41) is 2.64. The normalized spacial score (nSPS) is 12.1. The second kappa shape index (κ2) is 6.86. The van der Waals surface area contributed by atoms with E-state index in [1.807, 2.05) is 0 Å². The highest BCUT2D eigenvalue weighted by Gasteiger charge is 2.12. The van der Waals surface area contributed by atoms with Crippen LogP contribution in [0.3, 0.4) is 0 Å². The van der Waals surface area contributed by atoms with Crippen molar-refractivity contribution in [1.29, 1.82) is 0 Å². The van der Waals surface area contributed by atoms with E-state index in [2.05, 4.69) is 15.3 Å². The molecule has 0 aliphatic heterocycles. The summed E-state index contributed by atoms with van der Waals surface area (Å²) < 4.78 is 4.88. The Morgan fingerprint density at radius 1 is 1.56 bits per heavy atom. The number of carbonyl (C=O) groups is 1. The van der Waals surface area contributed by atoms with Crippen molar-refractivity contribution >= 4 is 11.6 Å². The average molecular weight is 224 g/mol. The lowest BCUT2D eigenvalue weighted by Gasteiger charge is -2.11. The molecule has 1 amide bonds. The molecule has 0 bridgehead atoms. The van der Waals surface area contributed by atoms with Crippen LogP contribution in [-0.4, -0.2) is 35.6 Å². The highest BCUT2D eigenvalue weighted by Crippen LogP contribution is 2.03. The molecule has 0 spiro atoms. The van der Waals surface area contributed by atoms with E-state index in [9.17, 15) is 4.79 Å². The molecule has 0 radical (unpaired) electrons. The first-order valence-electron chi connectivity index (χ1n) is 5.04. The Morgan fingerprint density at radius 2 is 2.25 bits per heavy atom. The minimum Gasteiger partial charge on any atom is -0.385 e. The first-order chi connectivity index (χ1) is 7.74. The second-order valence-corrected chi connectivity index (χ2v) is 3.36. The molecule has 0 aromatic carbocycles. The lowest BCUT2D eigenvalue weighted by Crippen LogP contribution is -2.35. The molecule has 88 valence electrons. The molecule has 1 aromatic heterocycles. The first kappa shape index (κ1) is 12.5. The van der Waals surface area contributed by atoms with Crippen LogP contribution in [0.1, 0.15) is 12.8 Å². The van der Waals surface area contributed by atoms with E-state index in [1.54, 1.807) is 7.11 Å². The SMILES string of the molecule is COCCCC(N)C(=O)Nc1cncnc1. The maximum atomic E-state index is 11.6. The molecular formula is C10H16N4O2. The summed E-state index contributed by atoms with van der Waals surface area (Å²) in [5.41, 5.74) is 6.25. The number of nitrogens with zero attached hydrogens (tertiary/aromatic N) is 2. The zero-order valence-corrected chi connectivity index (χ0v) is 9.22. The molecular weight excluding hydrogens is 208 g/mol. The number of ether oxygens (including phenoxy) is 1. The van der Waals surface area contributed by atoms with Gasteiger partial charge in [0.05, 0.1) is 24.1 Å². The predicted octanol–water partition coefficient (Wildman–Crippen LogP) is 0.169. The number of hydrogen-bond acceptors (Lipinski definition) is 5. The zero-order valence-electron chi connectivity index (χ0n) is 9.22. The van der Waals surface area contributed by atoms with E-state index < -0.39 is 6.04 Å². The van der Waals surface area contributed by atoms with Gasteiger partial charge >= 0.3 is 0 Å². The van der Waals surface area contributed by atoms with E-state index in [1.165, 1.54) is 18.7 Å². The molecule has 0 saturated heterocycles. The number of nitrogens with one attached hydrogen (secondary N) is 1. The Balaban J connectivity index is 2.34. The molecule has 1 unspecified atom stereocenters. The molecule has 6 heteroatoms. The van der Waals surface area contributed by atoms with E-state index in [-0.39, 0.29) is 5.91 Å². The van der Waals surface area contributed by atoms with Crippen LogP contribution in [-0.2, 0) is 9.53 Å². The van der Waals surface area contributed by atoms with Gasteiger partial charge in [-0.25, -0.2) is 9.97 Å². The Morgan fingerprint density at radius 3 is 2.88 bits per heavy atom. The van der Waals surface area contributed by atoms with Crippen molar-refractivity contribution in [2.75, 3.05) is 19.0 Å². The Bertz CT molecular complexity index is 318. The molecule has 16 heavy (non-hydrogen) atoms. The van der Waals surface area contributed by atoms with Gasteiger partial charge in [0.2, 0.25) is 5.91 Å². The highest BCUT2D eigenvalue weighted by molar-refractivity contribution is 5.94. The molecule has 1 heterocycles. The third kappa shape index (κ3) is 4.33. The maximum Gasteiger partial charge on any atom is 0.241 e. The number of rotatable bonds is 6. The molecule has 0 aliphatic rings. The molecule has 1 rings (SSSR count). The van der Waals surface area contributed by atoms with Gasteiger partial charge in [-0.3, -0.25) is 4.79 Å². The third-order valence-corrected chi connectivity index (χ3v) is 2.03. The summed E-state index contributed by atoms with van der Waals surface area (Å²) in [4.78, 5) is 19.1. The van der Waals surface area contributed by atoms with Crippen molar-refractivity contribution in [3.63, 3.8) is 0 Å². The zero-order chi connectivity index (χ0) is 11.8. The van der Waals surface area contributed by atoms with Gasteiger partial charge in [-0.15, -0.1) is 0 Å². The Labute approximate surface area is 94.2 Å². The molecule has 0 saturated carbocycles. The summed E-state index contributed by atoms with van der Waals surface area (Å²) in [6.07, 6.45) is 5.79. The van der Waals surface area contributed by atoms with Crippen molar-refractivity contribution in [2.24, 2.45) is 5.73 Å². The lowest BCUT2D eigenvalue weighted by molar-refractivity contribution is -0.117. The van der Waals surface area contributed by atoms with Crippen LogP contribution >= 0.6 is 0 Å². The van der Waals surface area contributed by atoms with Crippen LogP contribution in [0.5, 0.6) is 0 Å². The molecule has 0 fully saturated rings. The number of aromatic nitrogens is 2. The van der Waals surface area contributed by atoms with Gasteiger partial charge in [-0.2, -0.15) is 0 Å². The molecule has 1 aromatic rings. The summed E-state index contributed by atoms with van der Waals surface area (Å²) in [7, 11) is 1.62. The van der Waals surface area contributed by atoms with Gasteiger partial charge in [0.25, 0.3) is 0 Å². The monoisotopic (exact) mass is 224 g/mol. The number of nitrogens with two attached hydrogens (primary N) is 1. The van der Waals surface area contributed by atoms with E-state index in [4.69, 9.17) is 10.5 Å². The summed E-state index contributed by atoms with van der Waals surface area (Å²) in [6.45, 7) is 0.607. The summed E-state index contributed by atoms with van der Waals surface area (Å²) >= 11 is 0. The second-order valence-electron chi connectivity index (χ2n) is 3.36.